The van der Waals surface area contributed by atoms with E-state index in [9.17, 15) is 9.90 Å². The molecule has 4 heteroatoms. The number of unbranched alkanes of at least 4 members (excludes halogenated alkanes) is 9. The average Bonchev–Trinajstić information content (AvgIpc) is 2.58. The van der Waals surface area contributed by atoms with Gasteiger partial charge in [-0.2, -0.15) is 0 Å². The van der Waals surface area contributed by atoms with E-state index in [1.54, 1.807) is 0 Å². The molecule has 0 bridgehead atoms. The molecule has 0 aromatic carbocycles. The summed E-state index contributed by atoms with van der Waals surface area (Å²) in [7, 11) is 0. The fourth-order valence-electron chi connectivity index (χ4n) is 3.02. The highest BCUT2D eigenvalue weighted by atomic mass is 16.5. The second kappa shape index (κ2) is 18.2. The summed E-state index contributed by atoms with van der Waals surface area (Å²) in [6.45, 7) is 7.75. The van der Waals surface area contributed by atoms with Gasteiger partial charge in [-0.3, -0.25) is 4.79 Å². The minimum Gasteiger partial charge on any atom is -0.466 e. The first-order valence-corrected chi connectivity index (χ1v) is 10.6. The number of nitrogens with one attached hydrogen (secondary N) is 1. The Kier molecular flexibility index (Phi) is 17.7. The van der Waals surface area contributed by atoms with Crippen LogP contribution in [0, 0.1) is 5.92 Å². The van der Waals surface area contributed by atoms with E-state index in [-0.39, 0.29) is 18.6 Å². The summed E-state index contributed by atoms with van der Waals surface area (Å²) in [6, 6.07) is 0.0785. The van der Waals surface area contributed by atoms with Gasteiger partial charge in [0.1, 0.15) is 0 Å². The molecule has 150 valence electrons. The maximum absolute atomic E-state index is 11.7. The molecular formula is C21H43NO3. The number of carbonyl (C=O) groups is 1. The zero-order valence-electron chi connectivity index (χ0n) is 17.0. The molecule has 1 atom stereocenters. The number of carbonyl (C=O) groups excluding carboxylic acids is 1. The van der Waals surface area contributed by atoms with Gasteiger partial charge in [0.25, 0.3) is 0 Å². The highest BCUT2D eigenvalue weighted by Crippen LogP contribution is 2.10. The number of hydrogen-bond donors (Lipinski definition) is 2. The molecule has 0 fully saturated rings. The van der Waals surface area contributed by atoms with Crippen molar-refractivity contribution in [1.82, 2.24) is 5.32 Å². The van der Waals surface area contributed by atoms with Crippen molar-refractivity contribution in [3.8, 4) is 0 Å². The minimum absolute atomic E-state index is 0.0785. The summed E-state index contributed by atoms with van der Waals surface area (Å²) in [6.07, 6.45) is 14.2. The van der Waals surface area contributed by atoms with Gasteiger partial charge < -0.3 is 15.2 Å². The molecule has 0 saturated carbocycles. The highest BCUT2D eigenvalue weighted by Gasteiger charge is 2.10. The molecule has 0 amide bonds. The van der Waals surface area contributed by atoms with Crippen LogP contribution in [-0.4, -0.2) is 36.9 Å². The summed E-state index contributed by atoms with van der Waals surface area (Å²) in [4.78, 5) is 11.7. The summed E-state index contributed by atoms with van der Waals surface area (Å²) >= 11 is 0. The third-order valence-corrected chi connectivity index (χ3v) is 4.50. The van der Waals surface area contributed by atoms with Crippen molar-refractivity contribution < 1.29 is 14.6 Å². The number of aliphatic hydroxyl groups excluding tert-OH is 1. The molecule has 0 aliphatic carbocycles. The van der Waals surface area contributed by atoms with Gasteiger partial charge in [0.15, 0.2) is 0 Å². The third-order valence-electron chi connectivity index (χ3n) is 4.50. The Balaban J connectivity index is 3.35. The SMILES string of the molecule is CCCCCCCCCCCCOC(=O)CCN[C@@H](CO)CC(C)C. The van der Waals surface area contributed by atoms with Crippen molar-refractivity contribution in [2.75, 3.05) is 19.8 Å². The van der Waals surface area contributed by atoms with E-state index in [0.717, 1.165) is 19.3 Å². The molecule has 4 nitrogen and oxygen atoms in total. The standard InChI is InChI=1S/C21H43NO3/c1-4-5-6-7-8-9-10-11-12-13-16-25-21(24)14-15-22-20(18-23)17-19(2)3/h19-20,22-23H,4-18H2,1-3H3/t20-/m1/s1. The molecule has 0 aliphatic rings. The van der Waals surface area contributed by atoms with Gasteiger partial charge in [0.2, 0.25) is 0 Å². The molecule has 0 radical (unpaired) electrons. The van der Waals surface area contributed by atoms with Crippen LogP contribution >= 0.6 is 0 Å². The lowest BCUT2D eigenvalue weighted by Gasteiger charge is -2.17. The highest BCUT2D eigenvalue weighted by molar-refractivity contribution is 5.69. The van der Waals surface area contributed by atoms with Crippen LogP contribution in [0.25, 0.3) is 0 Å². The van der Waals surface area contributed by atoms with Crippen LogP contribution < -0.4 is 5.32 Å². The van der Waals surface area contributed by atoms with E-state index >= 15 is 0 Å². The second-order valence-electron chi connectivity index (χ2n) is 7.62. The van der Waals surface area contributed by atoms with Crippen LogP contribution in [0.15, 0.2) is 0 Å². The Labute approximate surface area is 156 Å². The lowest BCUT2D eigenvalue weighted by atomic mass is 10.0. The first-order chi connectivity index (χ1) is 12.1. The van der Waals surface area contributed by atoms with Gasteiger partial charge in [-0.15, -0.1) is 0 Å². The maximum Gasteiger partial charge on any atom is 0.307 e. The summed E-state index contributed by atoms with van der Waals surface area (Å²) in [5.74, 6) is 0.401. The van der Waals surface area contributed by atoms with E-state index in [2.05, 4.69) is 26.1 Å². The molecule has 2 N–H and O–H groups in total. The topological polar surface area (TPSA) is 58.6 Å². The smallest absolute Gasteiger partial charge is 0.307 e. The average molecular weight is 358 g/mol. The number of rotatable bonds is 18. The molecule has 0 saturated heterocycles. The predicted octanol–water partition coefficient (Wildman–Crippen LogP) is 4.84. The van der Waals surface area contributed by atoms with Crippen molar-refractivity contribution in [3.63, 3.8) is 0 Å². The quantitative estimate of drug-likeness (QED) is 0.272. The molecular weight excluding hydrogens is 314 g/mol. The van der Waals surface area contributed by atoms with E-state index in [1.165, 1.54) is 51.4 Å². The van der Waals surface area contributed by atoms with Gasteiger partial charge in [-0.25, -0.2) is 0 Å². The molecule has 0 rings (SSSR count). The Bertz CT molecular complexity index is 295. The lowest BCUT2D eigenvalue weighted by molar-refractivity contribution is -0.143. The summed E-state index contributed by atoms with van der Waals surface area (Å²) < 4.78 is 5.27. The van der Waals surface area contributed by atoms with Crippen LogP contribution in [0.5, 0.6) is 0 Å². The molecule has 25 heavy (non-hydrogen) atoms. The number of aliphatic hydroxyl groups is 1. The van der Waals surface area contributed by atoms with Crippen LogP contribution in [0.3, 0.4) is 0 Å². The Morgan fingerprint density at radius 2 is 1.52 bits per heavy atom. The van der Waals surface area contributed by atoms with Crippen LogP contribution in [0.1, 0.15) is 97.8 Å². The molecule has 0 aromatic heterocycles. The van der Waals surface area contributed by atoms with E-state index < -0.39 is 0 Å². The Morgan fingerprint density at radius 3 is 2.04 bits per heavy atom. The monoisotopic (exact) mass is 357 g/mol. The van der Waals surface area contributed by atoms with E-state index in [0.29, 0.717) is 25.5 Å². The largest absolute Gasteiger partial charge is 0.466 e. The van der Waals surface area contributed by atoms with Crippen LogP contribution in [0.4, 0.5) is 0 Å². The molecule has 0 heterocycles. The number of esters is 1. The van der Waals surface area contributed by atoms with Gasteiger partial charge >= 0.3 is 5.97 Å². The zero-order valence-corrected chi connectivity index (χ0v) is 17.0. The van der Waals surface area contributed by atoms with Crippen molar-refractivity contribution >= 4 is 5.97 Å². The molecule has 0 spiro atoms. The third kappa shape index (κ3) is 18.0. The summed E-state index contributed by atoms with van der Waals surface area (Å²) in [5, 5.41) is 12.5. The fraction of sp³-hybridized carbons (Fsp3) is 0.952. The first kappa shape index (κ1) is 24.4. The first-order valence-electron chi connectivity index (χ1n) is 10.6. The van der Waals surface area contributed by atoms with Gasteiger partial charge in [0.05, 0.1) is 19.6 Å². The molecule has 0 unspecified atom stereocenters. The zero-order chi connectivity index (χ0) is 18.8. The summed E-state index contributed by atoms with van der Waals surface area (Å²) in [5.41, 5.74) is 0. The van der Waals surface area contributed by atoms with Crippen LogP contribution in [-0.2, 0) is 9.53 Å². The van der Waals surface area contributed by atoms with Gasteiger partial charge in [0, 0.05) is 12.6 Å². The predicted molar refractivity (Wildman–Crippen MR) is 106 cm³/mol. The molecule has 0 aliphatic heterocycles. The fourth-order valence-corrected chi connectivity index (χ4v) is 3.02. The lowest BCUT2D eigenvalue weighted by Crippen LogP contribution is -2.35. The van der Waals surface area contributed by atoms with Gasteiger partial charge in [-0.05, 0) is 18.8 Å². The van der Waals surface area contributed by atoms with Crippen molar-refractivity contribution in [1.29, 1.82) is 0 Å². The van der Waals surface area contributed by atoms with Crippen molar-refractivity contribution in [2.45, 2.75) is 104 Å². The van der Waals surface area contributed by atoms with Crippen LogP contribution in [0.2, 0.25) is 0 Å². The van der Waals surface area contributed by atoms with Crippen molar-refractivity contribution in [3.05, 3.63) is 0 Å². The van der Waals surface area contributed by atoms with Gasteiger partial charge in [-0.1, -0.05) is 78.6 Å². The molecule has 0 aromatic rings. The number of hydrogen-bond acceptors (Lipinski definition) is 4. The second-order valence-corrected chi connectivity index (χ2v) is 7.62. The maximum atomic E-state index is 11.7. The number of ether oxygens (including phenoxy) is 1. The minimum atomic E-state index is -0.135. The van der Waals surface area contributed by atoms with Crippen molar-refractivity contribution in [2.24, 2.45) is 5.92 Å². The normalized spacial score (nSPS) is 12.5. The van der Waals surface area contributed by atoms with E-state index in [4.69, 9.17) is 4.74 Å². The van der Waals surface area contributed by atoms with E-state index in [1.807, 2.05) is 0 Å². The Morgan fingerprint density at radius 1 is 0.960 bits per heavy atom. The Hall–Kier alpha value is -0.610.